The molecule has 1 aromatic carbocycles. The Kier molecular flexibility index (Phi) is 4.52. The van der Waals surface area contributed by atoms with Crippen LogP contribution in [0.5, 0.6) is 5.75 Å². The van der Waals surface area contributed by atoms with Crippen molar-refractivity contribution in [1.29, 1.82) is 0 Å². The number of anilines is 1. The van der Waals surface area contributed by atoms with Gasteiger partial charge in [0, 0.05) is 12.5 Å². The number of likely N-dealkylation sites (tertiary alicyclic amines) is 1. The van der Waals surface area contributed by atoms with E-state index in [9.17, 15) is 4.79 Å². The summed E-state index contributed by atoms with van der Waals surface area (Å²) in [6.07, 6.45) is 3.04. The molecule has 3 N–H and O–H groups in total. The van der Waals surface area contributed by atoms with Crippen LogP contribution in [-0.2, 0) is 11.2 Å². The van der Waals surface area contributed by atoms with Crippen LogP contribution in [0.25, 0.3) is 0 Å². The summed E-state index contributed by atoms with van der Waals surface area (Å²) in [6.45, 7) is 5.90. The highest BCUT2D eigenvalue weighted by Gasteiger charge is 2.23. The fraction of sp³-hybridized carbons (Fsp3) is 0.588. The zero-order valence-corrected chi connectivity index (χ0v) is 13.2. The summed E-state index contributed by atoms with van der Waals surface area (Å²) >= 11 is 0. The van der Waals surface area contributed by atoms with Gasteiger partial charge in [0.1, 0.15) is 11.9 Å². The molecule has 0 spiro atoms. The minimum Gasteiger partial charge on any atom is -0.487 e. The first-order valence-corrected chi connectivity index (χ1v) is 8.17. The Balaban J connectivity index is 1.51. The number of nitrogens with one attached hydrogen (secondary N) is 1. The molecule has 1 amide bonds. The van der Waals surface area contributed by atoms with E-state index in [1.54, 1.807) is 0 Å². The maximum atomic E-state index is 11.2. The molecule has 1 atom stereocenters. The molecule has 5 heteroatoms. The summed E-state index contributed by atoms with van der Waals surface area (Å²) in [5.74, 6) is 0.878. The lowest BCUT2D eigenvalue weighted by atomic mass is 9.96. The van der Waals surface area contributed by atoms with Crippen molar-refractivity contribution in [3.05, 3.63) is 23.8 Å². The van der Waals surface area contributed by atoms with Crippen LogP contribution in [-0.4, -0.2) is 43.1 Å². The smallest absolute Gasteiger partial charge is 0.220 e. The molecule has 120 valence electrons. The lowest BCUT2D eigenvalue weighted by Gasteiger charge is -2.30. The largest absolute Gasteiger partial charge is 0.487 e. The second-order valence-corrected chi connectivity index (χ2v) is 6.41. The van der Waals surface area contributed by atoms with Crippen molar-refractivity contribution >= 4 is 11.6 Å². The number of amides is 1. The van der Waals surface area contributed by atoms with Crippen LogP contribution in [0.2, 0.25) is 0 Å². The van der Waals surface area contributed by atoms with E-state index in [0.29, 0.717) is 0 Å². The fourth-order valence-electron chi connectivity index (χ4n) is 3.21. The first kappa shape index (κ1) is 15.2. The molecule has 22 heavy (non-hydrogen) atoms. The van der Waals surface area contributed by atoms with Gasteiger partial charge in [-0.15, -0.1) is 0 Å². The molecule has 1 saturated heterocycles. The van der Waals surface area contributed by atoms with Crippen molar-refractivity contribution in [2.45, 2.75) is 32.3 Å². The van der Waals surface area contributed by atoms with Crippen molar-refractivity contribution in [3.8, 4) is 5.75 Å². The van der Waals surface area contributed by atoms with Crippen molar-refractivity contribution in [2.75, 3.05) is 31.5 Å². The van der Waals surface area contributed by atoms with E-state index >= 15 is 0 Å². The molecule has 2 heterocycles. The molecule has 0 radical (unpaired) electrons. The van der Waals surface area contributed by atoms with Gasteiger partial charge < -0.3 is 20.7 Å². The van der Waals surface area contributed by atoms with Crippen molar-refractivity contribution in [3.63, 3.8) is 0 Å². The quantitative estimate of drug-likeness (QED) is 0.887. The lowest BCUT2D eigenvalue weighted by Crippen LogP contribution is -2.39. The van der Waals surface area contributed by atoms with Gasteiger partial charge in [0.05, 0.1) is 12.2 Å². The summed E-state index contributed by atoms with van der Waals surface area (Å²) in [6, 6.07) is 6.40. The third-order valence-corrected chi connectivity index (χ3v) is 4.66. The number of carbonyl (C=O) groups excluding carboxylic acids is 1. The van der Waals surface area contributed by atoms with E-state index in [-0.39, 0.29) is 17.9 Å². The summed E-state index contributed by atoms with van der Waals surface area (Å²) in [5.41, 5.74) is 7.80. The molecule has 0 bridgehead atoms. The number of hydrogen-bond acceptors (Lipinski definition) is 4. The van der Waals surface area contributed by atoms with Crippen LogP contribution in [0.1, 0.15) is 25.3 Å². The number of piperidine rings is 1. The monoisotopic (exact) mass is 303 g/mol. The van der Waals surface area contributed by atoms with E-state index in [1.165, 1.54) is 5.56 Å². The minimum absolute atomic E-state index is 0.0725. The number of primary amides is 1. The second-order valence-electron chi connectivity index (χ2n) is 6.41. The number of nitrogens with zero attached hydrogens (tertiary/aromatic N) is 1. The van der Waals surface area contributed by atoms with Crippen molar-refractivity contribution in [1.82, 2.24) is 4.90 Å². The number of rotatable bonds is 4. The lowest BCUT2D eigenvalue weighted by molar-refractivity contribution is -0.123. The molecule has 5 nitrogen and oxygen atoms in total. The SMILES string of the molecule is CC1CNc2cc(CCN3CCC(C(N)=O)CC3)ccc2O1. The average molecular weight is 303 g/mol. The molecule has 1 aromatic rings. The Morgan fingerprint density at radius 2 is 2.18 bits per heavy atom. The molecular weight excluding hydrogens is 278 g/mol. The van der Waals surface area contributed by atoms with Crippen LogP contribution in [0.15, 0.2) is 18.2 Å². The van der Waals surface area contributed by atoms with E-state index in [2.05, 4.69) is 35.3 Å². The van der Waals surface area contributed by atoms with Crippen LogP contribution >= 0.6 is 0 Å². The van der Waals surface area contributed by atoms with Crippen LogP contribution in [0.3, 0.4) is 0 Å². The third kappa shape index (κ3) is 3.53. The van der Waals surface area contributed by atoms with Gasteiger partial charge in [0.15, 0.2) is 0 Å². The minimum atomic E-state index is -0.144. The number of nitrogens with two attached hydrogens (primary N) is 1. The third-order valence-electron chi connectivity index (χ3n) is 4.66. The highest BCUT2D eigenvalue weighted by Crippen LogP contribution is 2.30. The normalized spacial score (nSPS) is 22.5. The zero-order valence-electron chi connectivity index (χ0n) is 13.2. The number of hydrogen-bond donors (Lipinski definition) is 2. The second kappa shape index (κ2) is 6.57. The molecule has 2 aliphatic rings. The van der Waals surface area contributed by atoms with E-state index in [0.717, 1.165) is 56.9 Å². The fourth-order valence-corrected chi connectivity index (χ4v) is 3.21. The Morgan fingerprint density at radius 3 is 2.91 bits per heavy atom. The highest BCUT2D eigenvalue weighted by atomic mass is 16.5. The Bertz CT molecular complexity index is 539. The zero-order chi connectivity index (χ0) is 15.5. The van der Waals surface area contributed by atoms with Gasteiger partial charge in [0.2, 0.25) is 5.91 Å². The Labute approximate surface area is 131 Å². The predicted octanol–water partition coefficient (Wildman–Crippen LogP) is 1.62. The standard InChI is InChI=1S/C17H25N3O2/c1-12-11-19-15-10-13(2-3-16(15)22-12)4-7-20-8-5-14(6-9-20)17(18)21/h2-3,10,12,14,19H,4-9,11H2,1H3,(H2,18,21). The van der Waals surface area contributed by atoms with Crippen LogP contribution in [0.4, 0.5) is 5.69 Å². The molecule has 1 unspecified atom stereocenters. The van der Waals surface area contributed by atoms with Gasteiger partial charge in [-0.1, -0.05) is 6.07 Å². The maximum absolute atomic E-state index is 11.2. The molecule has 2 aliphatic heterocycles. The molecule has 0 saturated carbocycles. The van der Waals surface area contributed by atoms with E-state index in [1.807, 2.05) is 0 Å². The molecule has 3 rings (SSSR count). The molecule has 1 fully saturated rings. The number of ether oxygens (including phenoxy) is 1. The molecular formula is C17H25N3O2. The van der Waals surface area contributed by atoms with Gasteiger partial charge in [-0.05, 0) is 57.0 Å². The maximum Gasteiger partial charge on any atom is 0.220 e. The first-order valence-electron chi connectivity index (χ1n) is 8.17. The van der Waals surface area contributed by atoms with E-state index in [4.69, 9.17) is 10.5 Å². The predicted molar refractivity (Wildman–Crippen MR) is 87.1 cm³/mol. The Morgan fingerprint density at radius 1 is 1.41 bits per heavy atom. The summed E-state index contributed by atoms with van der Waals surface area (Å²) in [7, 11) is 0. The van der Waals surface area contributed by atoms with Gasteiger partial charge in [-0.25, -0.2) is 0 Å². The summed E-state index contributed by atoms with van der Waals surface area (Å²) < 4.78 is 5.80. The van der Waals surface area contributed by atoms with Crippen LogP contribution in [0, 0.1) is 5.92 Å². The van der Waals surface area contributed by atoms with Gasteiger partial charge in [-0.2, -0.15) is 0 Å². The first-order chi connectivity index (χ1) is 10.6. The Hall–Kier alpha value is -1.75. The van der Waals surface area contributed by atoms with E-state index < -0.39 is 0 Å². The van der Waals surface area contributed by atoms with Gasteiger partial charge in [-0.3, -0.25) is 4.79 Å². The van der Waals surface area contributed by atoms with Gasteiger partial charge in [0.25, 0.3) is 0 Å². The summed E-state index contributed by atoms with van der Waals surface area (Å²) in [5, 5.41) is 3.42. The topological polar surface area (TPSA) is 67.6 Å². The number of carbonyl (C=O) groups is 1. The summed E-state index contributed by atoms with van der Waals surface area (Å²) in [4.78, 5) is 13.6. The highest BCUT2D eigenvalue weighted by molar-refractivity contribution is 5.76. The average Bonchev–Trinajstić information content (AvgIpc) is 2.53. The van der Waals surface area contributed by atoms with Gasteiger partial charge >= 0.3 is 0 Å². The van der Waals surface area contributed by atoms with Crippen LogP contribution < -0.4 is 15.8 Å². The van der Waals surface area contributed by atoms with Crippen molar-refractivity contribution in [2.24, 2.45) is 11.7 Å². The number of benzene rings is 1. The molecule has 0 aliphatic carbocycles. The van der Waals surface area contributed by atoms with Crippen molar-refractivity contribution < 1.29 is 9.53 Å². The molecule has 0 aromatic heterocycles. The number of fused-ring (bicyclic) bond motifs is 1.